The first-order valence-corrected chi connectivity index (χ1v) is 16.0. The SMILES string of the molecule is CCCCCc1cc(OC(C)(C)OP(=O)(OC)OC)c(-c2cccc(C)c2)c(OC(C)(C)OP(=O)(OC)OC)c1. The van der Waals surface area contributed by atoms with Gasteiger partial charge in [-0.3, -0.25) is 18.1 Å². The molecule has 2 rings (SSSR count). The van der Waals surface area contributed by atoms with Crippen LogP contribution in [0, 0.1) is 6.92 Å². The van der Waals surface area contributed by atoms with E-state index in [1.54, 1.807) is 27.7 Å². The van der Waals surface area contributed by atoms with E-state index in [0.717, 1.165) is 42.4 Å². The molecule has 0 radical (unpaired) electrons. The molecule has 0 amide bonds. The Balaban J connectivity index is 2.74. The normalized spacial score (nSPS) is 12.9. The van der Waals surface area contributed by atoms with Gasteiger partial charge in [-0.2, -0.15) is 0 Å². The number of hydrogen-bond donors (Lipinski definition) is 0. The lowest BCUT2D eigenvalue weighted by Crippen LogP contribution is -2.33. The van der Waals surface area contributed by atoms with Crippen LogP contribution in [0.15, 0.2) is 36.4 Å². The summed E-state index contributed by atoms with van der Waals surface area (Å²) in [7, 11) is -2.82. The number of phosphoric ester groups is 2. The third kappa shape index (κ3) is 9.97. The van der Waals surface area contributed by atoms with Crippen LogP contribution in [0.25, 0.3) is 11.1 Å². The third-order valence-corrected chi connectivity index (χ3v) is 8.89. The van der Waals surface area contributed by atoms with Crippen molar-refractivity contribution in [3.05, 3.63) is 47.5 Å². The van der Waals surface area contributed by atoms with Crippen molar-refractivity contribution >= 4 is 15.6 Å². The number of hydrogen-bond acceptors (Lipinski definition) is 10. The molecular formula is C28H44O10P2. The molecule has 10 nitrogen and oxygen atoms in total. The zero-order valence-electron chi connectivity index (χ0n) is 25.3. The van der Waals surface area contributed by atoms with E-state index in [4.69, 9.17) is 36.6 Å². The molecule has 0 aliphatic rings. The van der Waals surface area contributed by atoms with Crippen LogP contribution in [-0.4, -0.2) is 40.0 Å². The summed E-state index contributed by atoms with van der Waals surface area (Å²) in [6.45, 7) is 10.6. The number of unbranched alkanes of at least 4 members (excludes halogenated alkanes) is 2. The van der Waals surface area contributed by atoms with Gasteiger partial charge in [0.05, 0.1) is 5.56 Å². The topological polar surface area (TPSA) is 108 Å². The predicted octanol–water partition coefficient (Wildman–Crippen LogP) is 8.46. The maximum absolute atomic E-state index is 12.8. The fraction of sp³-hybridized carbons (Fsp3) is 0.571. The molecule has 2 aromatic carbocycles. The fourth-order valence-corrected chi connectivity index (χ4v) is 5.77. The summed E-state index contributed by atoms with van der Waals surface area (Å²) in [4.78, 5) is 0. The second-order valence-corrected chi connectivity index (χ2v) is 13.7. The van der Waals surface area contributed by atoms with Gasteiger partial charge in [0.2, 0.25) is 11.6 Å². The van der Waals surface area contributed by atoms with Crippen molar-refractivity contribution in [2.24, 2.45) is 0 Å². The minimum Gasteiger partial charge on any atom is -0.462 e. The minimum absolute atomic E-state index is 0.413. The maximum Gasteiger partial charge on any atom is 0.477 e. The van der Waals surface area contributed by atoms with Gasteiger partial charge in [-0.05, 0) is 43.0 Å². The van der Waals surface area contributed by atoms with Crippen molar-refractivity contribution in [2.45, 2.75) is 78.8 Å². The first-order chi connectivity index (χ1) is 18.6. The highest BCUT2D eigenvalue weighted by molar-refractivity contribution is 7.48. The van der Waals surface area contributed by atoms with E-state index in [1.807, 2.05) is 43.3 Å². The maximum atomic E-state index is 12.8. The predicted molar refractivity (Wildman–Crippen MR) is 155 cm³/mol. The van der Waals surface area contributed by atoms with Crippen LogP contribution >= 0.6 is 15.6 Å². The molecule has 40 heavy (non-hydrogen) atoms. The summed E-state index contributed by atoms with van der Waals surface area (Å²) in [5.41, 5.74) is 3.33. The van der Waals surface area contributed by atoms with Gasteiger partial charge in [-0.15, -0.1) is 0 Å². The van der Waals surface area contributed by atoms with Gasteiger partial charge in [0.1, 0.15) is 11.5 Å². The molecule has 0 aliphatic heterocycles. The van der Waals surface area contributed by atoms with Crippen LogP contribution in [-0.2, 0) is 42.7 Å². The van der Waals surface area contributed by atoms with Crippen molar-refractivity contribution in [1.29, 1.82) is 0 Å². The first-order valence-electron chi connectivity index (χ1n) is 13.1. The van der Waals surface area contributed by atoms with Crippen LogP contribution in [0.5, 0.6) is 11.5 Å². The molecule has 0 atom stereocenters. The smallest absolute Gasteiger partial charge is 0.462 e. The molecule has 0 fully saturated rings. The van der Waals surface area contributed by atoms with Gasteiger partial charge < -0.3 is 9.47 Å². The lowest BCUT2D eigenvalue weighted by molar-refractivity contribution is -0.103. The average Bonchev–Trinajstić information content (AvgIpc) is 2.87. The molecule has 0 saturated carbocycles. The summed E-state index contributed by atoms with van der Waals surface area (Å²) in [5, 5.41) is 0. The van der Waals surface area contributed by atoms with E-state index in [2.05, 4.69) is 6.92 Å². The van der Waals surface area contributed by atoms with E-state index < -0.39 is 27.2 Å². The second kappa shape index (κ2) is 14.4. The number of rotatable bonds is 17. The standard InChI is InChI=1S/C28H44O10P2/c1-11-12-13-16-22-19-24(35-27(3,4)37-39(29,31-7)32-8)26(23-17-14-15-21(2)18-23)25(20-22)36-28(5,6)38-40(30,33-9)34-10/h14-15,17-20H,11-13,16H2,1-10H3. The van der Waals surface area contributed by atoms with Gasteiger partial charge in [0.25, 0.3) is 0 Å². The van der Waals surface area contributed by atoms with Gasteiger partial charge in [-0.1, -0.05) is 49.6 Å². The summed E-state index contributed by atoms with van der Waals surface area (Å²) >= 11 is 0. The van der Waals surface area contributed by atoms with Crippen LogP contribution in [0.3, 0.4) is 0 Å². The molecule has 0 bridgehead atoms. The molecule has 0 aromatic heterocycles. The van der Waals surface area contributed by atoms with Crippen LogP contribution in [0.2, 0.25) is 0 Å². The van der Waals surface area contributed by atoms with Crippen molar-refractivity contribution in [3.8, 4) is 22.6 Å². The first kappa shape index (κ1) is 34.5. The number of ether oxygens (including phenoxy) is 2. The molecule has 2 aromatic rings. The van der Waals surface area contributed by atoms with Crippen molar-refractivity contribution in [1.82, 2.24) is 0 Å². The second-order valence-electron chi connectivity index (χ2n) is 10.1. The molecule has 0 spiro atoms. The highest BCUT2D eigenvalue weighted by Crippen LogP contribution is 2.54. The van der Waals surface area contributed by atoms with E-state index >= 15 is 0 Å². The number of aryl methyl sites for hydroxylation is 2. The summed E-state index contributed by atoms with van der Waals surface area (Å²) in [6, 6.07) is 11.6. The third-order valence-electron chi connectivity index (χ3n) is 5.77. The molecular weight excluding hydrogens is 558 g/mol. The minimum atomic E-state index is -3.88. The zero-order chi connectivity index (χ0) is 30.2. The Morgan fingerprint density at radius 2 is 1.20 bits per heavy atom. The molecule has 0 saturated heterocycles. The quantitative estimate of drug-likeness (QED) is 0.0994. The summed E-state index contributed by atoms with van der Waals surface area (Å²) in [6.07, 6.45) is 3.80. The zero-order valence-corrected chi connectivity index (χ0v) is 27.1. The molecule has 226 valence electrons. The van der Waals surface area contributed by atoms with Gasteiger partial charge in [0.15, 0.2) is 0 Å². The lowest BCUT2D eigenvalue weighted by atomic mass is 9.97. The van der Waals surface area contributed by atoms with Crippen molar-refractivity contribution < 1.29 is 45.7 Å². The molecule has 0 aliphatic carbocycles. The van der Waals surface area contributed by atoms with Crippen molar-refractivity contribution in [2.75, 3.05) is 28.4 Å². The van der Waals surface area contributed by atoms with E-state index in [9.17, 15) is 9.13 Å². The Labute approximate surface area is 238 Å². The Morgan fingerprint density at radius 1 is 0.725 bits per heavy atom. The largest absolute Gasteiger partial charge is 0.477 e. The molecule has 0 unspecified atom stereocenters. The highest BCUT2D eigenvalue weighted by Gasteiger charge is 2.38. The Kier molecular flexibility index (Phi) is 12.4. The molecule has 0 N–H and O–H groups in total. The van der Waals surface area contributed by atoms with Crippen molar-refractivity contribution in [3.63, 3.8) is 0 Å². The van der Waals surface area contributed by atoms with E-state index in [0.29, 0.717) is 17.1 Å². The Bertz CT molecular complexity index is 1130. The lowest BCUT2D eigenvalue weighted by Gasteiger charge is -2.32. The Hall–Kier alpha value is -1.74. The Morgan fingerprint density at radius 3 is 1.60 bits per heavy atom. The van der Waals surface area contributed by atoms with Gasteiger partial charge in [0, 0.05) is 56.1 Å². The monoisotopic (exact) mass is 602 g/mol. The van der Waals surface area contributed by atoms with Crippen LogP contribution in [0.1, 0.15) is 65.0 Å². The number of benzene rings is 2. The summed E-state index contributed by atoms with van der Waals surface area (Å²) < 4.78 is 69.6. The van der Waals surface area contributed by atoms with Crippen LogP contribution in [0.4, 0.5) is 0 Å². The van der Waals surface area contributed by atoms with E-state index in [1.165, 1.54) is 28.4 Å². The number of phosphoric acid groups is 2. The molecule has 0 heterocycles. The highest BCUT2D eigenvalue weighted by atomic mass is 31.2. The summed E-state index contributed by atoms with van der Waals surface area (Å²) in [5.74, 6) is -2.05. The molecule has 12 heteroatoms. The van der Waals surface area contributed by atoms with Gasteiger partial charge >= 0.3 is 15.6 Å². The average molecular weight is 603 g/mol. The van der Waals surface area contributed by atoms with Crippen LogP contribution < -0.4 is 9.47 Å². The van der Waals surface area contributed by atoms with E-state index in [-0.39, 0.29) is 0 Å². The fourth-order valence-electron chi connectivity index (χ4n) is 4.02. The van der Waals surface area contributed by atoms with Gasteiger partial charge in [-0.25, -0.2) is 18.2 Å².